The van der Waals surface area contributed by atoms with Crippen LogP contribution in [0.25, 0.3) is 11.1 Å². The SMILES string of the molecule is Cc1cc(-c2cccc(CC#N)c2)c(Cl)c2c1NC(C)(C)CC2C. The molecule has 3 heteroatoms. The van der Waals surface area contributed by atoms with Crippen LogP contribution in [0.15, 0.2) is 30.3 Å². The average Bonchev–Trinajstić information content (AvgIpc) is 2.50. The molecule has 0 saturated heterocycles. The van der Waals surface area contributed by atoms with Crippen molar-refractivity contribution < 1.29 is 0 Å². The van der Waals surface area contributed by atoms with Gasteiger partial charge in [0.2, 0.25) is 0 Å². The Balaban J connectivity index is 2.16. The van der Waals surface area contributed by atoms with Crippen molar-refractivity contribution in [1.29, 1.82) is 5.26 Å². The van der Waals surface area contributed by atoms with E-state index in [4.69, 9.17) is 16.9 Å². The molecule has 0 saturated carbocycles. The van der Waals surface area contributed by atoms with Gasteiger partial charge < -0.3 is 5.32 Å². The minimum absolute atomic E-state index is 0.0781. The molecule has 0 amide bonds. The Labute approximate surface area is 149 Å². The summed E-state index contributed by atoms with van der Waals surface area (Å²) in [5.74, 6) is 0.407. The summed E-state index contributed by atoms with van der Waals surface area (Å²) in [4.78, 5) is 0. The number of nitrogens with zero attached hydrogens (tertiary/aromatic N) is 1. The summed E-state index contributed by atoms with van der Waals surface area (Å²) in [6, 6.07) is 12.5. The summed E-state index contributed by atoms with van der Waals surface area (Å²) < 4.78 is 0. The molecule has 2 aromatic carbocycles. The van der Waals surface area contributed by atoms with Gasteiger partial charge in [-0.25, -0.2) is 0 Å². The van der Waals surface area contributed by atoms with Crippen molar-refractivity contribution in [2.75, 3.05) is 5.32 Å². The molecule has 0 fully saturated rings. The van der Waals surface area contributed by atoms with E-state index in [2.05, 4.69) is 57.3 Å². The fourth-order valence-electron chi connectivity index (χ4n) is 3.86. The van der Waals surface area contributed by atoms with Gasteiger partial charge in [0, 0.05) is 16.8 Å². The summed E-state index contributed by atoms with van der Waals surface area (Å²) in [5, 5.41) is 13.4. The molecule has 1 heterocycles. The van der Waals surface area contributed by atoms with E-state index in [1.54, 1.807) is 0 Å². The lowest BCUT2D eigenvalue weighted by Gasteiger charge is -2.39. The molecule has 2 aromatic rings. The Hall–Kier alpha value is -1.98. The maximum absolute atomic E-state index is 8.94. The van der Waals surface area contributed by atoms with Crippen LogP contribution in [0, 0.1) is 18.3 Å². The first-order valence-electron chi connectivity index (χ1n) is 8.40. The molecule has 0 aromatic heterocycles. The van der Waals surface area contributed by atoms with Crippen molar-refractivity contribution in [2.45, 2.75) is 52.0 Å². The topological polar surface area (TPSA) is 35.8 Å². The first-order chi connectivity index (χ1) is 11.3. The number of hydrogen-bond donors (Lipinski definition) is 1. The summed E-state index contributed by atoms with van der Waals surface area (Å²) in [6.07, 6.45) is 1.47. The van der Waals surface area contributed by atoms with Crippen LogP contribution in [-0.2, 0) is 6.42 Å². The van der Waals surface area contributed by atoms with Crippen molar-refractivity contribution in [2.24, 2.45) is 0 Å². The van der Waals surface area contributed by atoms with E-state index in [0.717, 1.165) is 28.1 Å². The van der Waals surface area contributed by atoms with Crippen molar-refractivity contribution in [3.63, 3.8) is 0 Å². The van der Waals surface area contributed by atoms with Crippen LogP contribution in [0.1, 0.15) is 49.8 Å². The van der Waals surface area contributed by atoms with Gasteiger partial charge in [0.1, 0.15) is 0 Å². The molecular weight excluding hydrogens is 316 g/mol. The van der Waals surface area contributed by atoms with Crippen molar-refractivity contribution in [3.05, 3.63) is 52.0 Å². The zero-order valence-corrected chi connectivity index (χ0v) is 15.5. The Kier molecular flexibility index (Phi) is 4.32. The highest BCUT2D eigenvalue weighted by atomic mass is 35.5. The zero-order chi connectivity index (χ0) is 17.5. The first kappa shape index (κ1) is 16.9. The quantitative estimate of drug-likeness (QED) is 0.720. The van der Waals surface area contributed by atoms with Gasteiger partial charge in [0.05, 0.1) is 17.5 Å². The number of nitrogens with one attached hydrogen (secondary N) is 1. The van der Waals surface area contributed by atoms with Crippen LogP contribution in [0.3, 0.4) is 0 Å². The number of fused-ring (bicyclic) bond motifs is 1. The number of rotatable bonds is 2. The van der Waals surface area contributed by atoms with Crippen LogP contribution in [0.5, 0.6) is 0 Å². The predicted octanol–water partition coefficient (Wildman–Crippen LogP) is 6.08. The molecule has 2 nitrogen and oxygen atoms in total. The van der Waals surface area contributed by atoms with E-state index in [-0.39, 0.29) is 5.54 Å². The zero-order valence-electron chi connectivity index (χ0n) is 14.7. The van der Waals surface area contributed by atoms with Crippen LogP contribution in [-0.4, -0.2) is 5.54 Å². The maximum Gasteiger partial charge on any atom is 0.0669 e. The lowest BCUT2D eigenvalue weighted by atomic mass is 9.79. The Bertz CT molecular complexity index is 830. The van der Waals surface area contributed by atoms with E-state index in [1.165, 1.54) is 16.8 Å². The van der Waals surface area contributed by atoms with Gasteiger partial charge in [-0.1, -0.05) is 42.8 Å². The van der Waals surface area contributed by atoms with Crippen molar-refractivity contribution in [1.82, 2.24) is 0 Å². The highest BCUT2D eigenvalue weighted by Gasteiger charge is 2.32. The lowest BCUT2D eigenvalue weighted by Crippen LogP contribution is -2.37. The van der Waals surface area contributed by atoms with Gasteiger partial charge in [-0.3, -0.25) is 0 Å². The van der Waals surface area contributed by atoms with E-state index in [9.17, 15) is 0 Å². The third-order valence-electron chi connectivity index (χ3n) is 4.79. The summed E-state index contributed by atoms with van der Waals surface area (Å²) in [7, 11) is 0. The highest BCUT2D eigenvalue weighted by molar-refractivity contribution is 6.34. The molecule has 1 aliphatic heterocycles. The molecule has 0 radical (unpaired) electrons. The first-order valence-corrected chi connectivity index (χ1v) is 8.77. The molecule has 1 unspecified atom stereocenters. The van der Waals surface area contributed by atoms with E-state index < -0.39 is 0 Å². The number of halogens is 1. The molecule has 1 atom stereocenters. The molecule has 1 N–H and O–H groups in total. The number of benzene rings is 2. The van der Waals surface area contributed by atoms with Crippen LogP contribution >= 0.6 is 11.6 Å². The van der Waals surface area contributed by atoms with Gasteiger partial charge >= 0.3 is 0 Å². The summed E-state index contributed by atoms with van der Waals surface area (Å²) in [6.45, 7) is 8.86. The fraction of sp³-hybridized carbons (Fsp3) is 0.381. The van der Waals surface area contributed by atoms with Gasteiger partial charge in [-0.2, -0.15) is 5.26 Å². The second kappa shape index (κ2) is 6.15. The molecule has 1 aliphatic rings. The summed E-state index contributed by atoms with van der Waals surface area (Å²) >= 11 is 6.85. The minimum Gasteiger partial charge on any atom is -0.380 e. The lowest BCUT2D eigenvalue weighted by molar-refractivity contribution is 0.454. The molecule has 0 spiro atoms. The van der Waals surface area contributed by atoms with Gasteiger partial charge in [-0.05, 0) is 61.4 Å². The second-order valence-electron chi connectivity index (χ2n) is 7.49. The number of hydrogen-bond acceptors (Lipinski definition) is 2. The Morgan fingerprint density at radius 2 is 2.08 bits per heavy atom. The molecule has 124 valence electrons. The molecule has 3 rings (SSSR count). The second-order valence-corrected chi connectivity index (χ2v) is 7.87. The Morgan fingerprint density at radius 1 is 1.33 bits per heavy atom. The maximum atomic E-state index is 8.94. The highest BCUT2D eigenvalue weighted by Crippen LogP contribution is 2.47. The van der Waals surface area contributed by atoms with E-state index in [0.29, 0.717) is 12.3 Å². The van der Waals surface area contributed by atoms with Crippen LogP contribution in [0.2, 0.25) is 5.02 Å². The normalized spacial score (nSPS) is 18.4. The minimum atomic E-state index is 0.0781. The summed E-state index contributed by atoms with van der Waals surface area (Å²) in [5.41, 5.74) is 6.85. The average molecular weight is 339 g/mol. The largest absolute Gasteiger partial charge is 0.380 e. The molecule has 0 aliphatic carbocycles. The van der Waals surface area contributed by atoms with Crippen molar-refractivity contribution >= 4 is 17.3 Å². The van der Waals surface area contributed by atoms with Gasteiger partial charge in [0.25, 0.3) is 0 Å². The van der Waals surface area contributed by atoms with Crippen LogP contribution < -0.4 is 5.32 Å². The van der Waals surface area contributed by atoms with Gasteiger partial charge in [-0.15, -0.1) is 0 Å². The molecule has 0 bridgehead atoms. The standard InChI is InChI=1S/C21H23ClN2/c1-13-10-17(16-7-5-6-15(11-16)8-9-23)19(22)18-14(2)12-21(3,4)24-20(13)18/h5-7,10-11,14,24H,8,12H2,1-4H3. The monoisotopic (exact) mass is 338 g/mol. The number of anilines is 1. The van der Waals surface area contributed by atoms with Gasteiger partial charge in [0.15, 0.2) is 0 Å². The number of nitriles is 1. The third-order valence-corrected chi connectivity index (χ3v) is 5.20. The predicted molar refractivity (Wildman–Crippen MR) is 102 cm³/mol. The number of aryl methyl sites for hydroxylation is 1. The molecule has 24 heavy (non-hydrogen) atoms. The van der Waals surface area contributed by atoms with Crippen molar-refractivity contribution in [3.8, 4) is 17.2 Å². The van der Waals surface area contributed by atoms with E-state index in [1.807, 2.05) is 12.1 Å². The smallest absolute Gasteiger partial charge is 0.0669 e. The van der Waals surface area contributed by atoms with E-state index >= 15 is 0 Å². The van der Waals surface area contributed by atoms with Crippen LogP contribution in [0.4, 0.5) is 5.69 Å². The third kappa shape index (κ3) is 3.01. The fourth-order valence-corrected chi connectivity index (χ4v) is 4.30. The Morgan fingerprint density at radius 3 is 2.79 bits per heavy atom. The molecular formula is C21H23ClN2.